The van der Waals surface area contributed by atoms with E-state index in [0.29, 0.717) is 25.8 Å². The van der Waals surface area contributed by atoms with Gasteiger partial charge in [0, 0.05) is 19.0 Å². The smallest absolute Gasteiger partial charge is 0.245 e. The highest BCUT2D eigenvalue weighted by Gasteiger charge is 2.40. The van der Waals surface area contributed by atoms with Crippen LogP contribution in [0.1, 0.15) is 63.9 Å². The normalized spacial score (nSPS) is 18.8. The molecule has 2 fully saturated rings. The first kappa shape index (κ1) is 21.8. The van der Waals surface area contributed by atoms with Crippen molar-refractivity contribution in [3.8, 4) is 0 Å². The molecule has 0 heterocycles. The number of carbonyl (C=O) groups excluding carboxylic acids is 2. The lowest BCUT2D eigenvalue weighted by atomic mass is 9.80. The van der Waals surface area contributed by atoms with Gasteiger partial charge in [-0.15, -0.1) is 0 Å². The first-order valence-corrected chi connectivity index (χ1v) is 12.0. The molecule has 3 N–H and O–H groups in total. The minimum absolute atomic E-state index is 0.0698. The maximum atomic E-state index is 12.6. The Hall–Kier alpha value is -1.93. The third kappa shape index (κ3) is 5.79. The van der Waals surface area contributed by atoms with Gasteiger partial charge in [-0.05, 0) is 56.7 Å². The summed E-state index contributed by atoms with van der Waals surface area (Å²) in [6.07, 6.45) is 6.83. The number of hydrogen-bond donors (Lipinski definition) is 3. The zero-order valence-electron chi connectivity index (χ0n) is 17.0. The number of benzene rings is 1. The highest BCUT2D eigenvalue weighted by Crippen LogP contribution is 2.29. The van der Waals surface area contributed by atoms with E-state index in [4.69, 9.17) is 0 Å². The molecule has 1 aromatic rings. The lowest BCUT2D eigenvalue weighted by Gasteiger charge is -2.36. The first-order valence-electron chi connectivity index (χ1n) is 10.6. The summed E-state index contributed by atoms with van der Waals surface area (Å²) in [6, 6.07) is 6.72. The Labute approximate surface area is 173 Å². The Morgan fingerprint density at radius 2 is 1.72 bits per heavy atom. The van der Waals surface area contributed by atoms with E-state index in [1.54, 1.807) is 24.3 Å². The second kappa shape index (κ2) is 9.26. The Morgan fingerprint density at radius 1 is 1.07 bits per heavy atom. The second-order valence-corrected chi connectivity index (χ2v) is 9.80. The van der Waals surface area contributed by atoms with E-state index in [1.807, 2.05) is 6.92 Å². The SMILES string of the molecule is CCNC(=O)C1(NC(=O)CCc2ccc(S(=O)(=O)NC3CC3)cc2)CCCCC1. The molecule has 0 bridgehead atoms. The standard InChI is InChI=1S/C21H31N3O4S/c1-2-22-20(26)21(14-4-3-5-15-21)23-19(25)13-8-16-6-11-18(12-7-16)29(27,28)24-17-9-10-17/h6-7,11-12,17,24H,2-5,8-10,13-15H2,1H3,(H,22,26)(H,23,25). The lowest BCUT2D eigenvalue weighted by Crippen LogP contribution is -2.59. The molecule has 160 valence electrons. The average molecular weight is 422 g/mol. The van der Waals surface area contributed by atoms with Crippen molar-refractivity contribution in [2.75, 3.05) is 6.54 Å². The number of sulfonamides is 1. The van der Waals surface area contributed by atoms with Crippen LogP contribution in [-0.4, -0.2) is 38.4 Å². The van der Waals surface area contributed by atoms with Crippen molar-refractivity contribution < 1.29 is 18.0 Å². The van der Waals surface area contributed by atoms with Crippen LogP contribution in [0.5, 0.6) is 0 Å². The number of aryl methyl sites for hydroxylation is 1. The third-order valence-corrected chi connectivity index (χ3v) is 7.17. The van der Waals surface area contributed by atoms with Crippen LogP contribution in [0.3, 0.4) is 0 Å². The highest BCUT2D eigenvalue weighted by molar-refractivity contribution is 7.89. The highest BCUT2D eigenvalue weighted by atomic mass is 32.2. The zero-order chi connectivity index (χ0) is 20.9. The molecule has 0 unspecified atom stereocenters. The van der Waals surface area contributed by atoms with Crippen LogP contribution in [0, 0.1) is 0 Å². The average Bonchev–Trinajstić information content (AvgIpc) is 3.51. The van der Waals surface area contributed by atoms with Crippen LogP contribution in [0.25, 0.3) is 0 Å². The minimum Gasteiger partial charge on any atom is -0.354 e. The molecule has 8 heteroatoms. The molecule has 3 rings (SSSR count). The van der Waals surface area contributed by atoms with Crippen LogP contribution in [-0.2, 0) is 26.0 Å². The molecule has 2 saturated carbocycles. The summed E-state index contributed by atoms with van der Waals surface area (Å²) >= 11 is 0. The van der Waals surface area contributed by atoms with Gasteiger partial charge in [0.15, 0.2) is 0 Å². The molecule has 29 heavy (non-hydrogen) atoms. The fourth-order valence-corrected chi connectivity index (χ4v) is 5.11. The van der Waals surface area contributed by atoms with Gasteiger partial charge in [-0.25, -0.2) is 13.1 Å². The Kier molecular flexibility index (Phi) is 6.95. The molecular weight excluding hydrogens is 390 g/mol. The van der Waals surface area contributed by atoms with Gasteiger partial charge in [0.05, 0.1) is 4.90 Å². The van der Waals surface area contributed by atoms with Crippen LogP contribution in [0.4, 0.5) is 0 Å². The quantitative estimate of drug-likeness (QED) is 0.567. The molecule has 1 aromatic carbocycles. The van der Waals surface area contributed by atoms with Gasteiger partial charge in [-0.2, -0.15) is 0 Å². The number of likely N-dealkylation sites (N-methyl/N-ethyl adjacent to an activating group) is 1. The summed E-state index contributed by atoms with van der Waals surface area (Å²) in [5, 5.41) is 5.85. The van der Waals surface area contributed by atoms with E-state index in [-0.39, 0.29) is 29.2 Å². The number of hydrogen-bond acceptors (Lipinski definition) is 4. The summed E-state index contributed by atoms with van der Waals surface area (Å²) in [4.78, 5) is 25.4. The Balaban J connectivity index is 1.56. The molecule has 0 aromatic heterocycles. The summed E-state index contributed by atoms with van der Waals surface area (Å²) in [5.41, 5.74) is 0.0961. The molecule has 0 aliphatic heterocycles. The molecule has 2 amide bonds. The van der Waals surface area contributed by atoms with E-state index in [2.05, 4.69) is 15.4 Å². The van der Waals surface area contributed by atoms with Crippen LogP contribution < -0.4 is 15.4 Å². The second-order valence-electron chi connectivity index (χ2n) is 8.09. The van der Waals surface area contributed by atoms with Crippen molar-refractivity contribution >= 4 is 21.8 Å². The van der Waals surface area contributed by atoms with Gasteiger partial charge in [-0.1, -0.05) is 31.4 Å². The fourth-order valence-electron chi connectivity index (χ4n) is 3.81. The molecular formula is C21H31N3O4S. The lowest BCUT2D eigenvalue weighted by molar-refractivity contribution is -0.135. The van der Waals surface area contributed by atoms with Crippen molar-refractivity contribution in [3.05, 3.63) is 29.8 Å². The van der Waals surface area contributed by atoms with Crippen LogP contribution in [0.15, 0.2) is 29.2 Å². The summed E-state index contributed by atoms with van der Waals surface area (Å²) < 4.78 is 27.1. The maximum Gasteiger partial charge on any atom is 0.245 e. The molecule has 0 radical (unpaired) electrons. The van der Waals surface area contributed by atoms with Gasteiger partial charge in [0.1, 0.15) is 5.54 Å². The number of carbonyl (C=O) groups is 2. The molecule has 0 atom stereocenters. The van der Waals surface area contributed by atoms with Gasteiger partial charge < -0.3 is 10.6 Å². The number of nitrogens with one attached hydrogen (secondary N) is 3. The molecule has 2 aliphatic rings. The van der Waals surface area contributed by atoms with E-state index < -0.39 is 15.6 Å². The van der Waals surface area contributed by atoms with Crippen LogP contribution in [0.2, 0.25) is 0 Å². The summed E-state index contributed by atoms with van der Waals surface area (Å²) in [7, 11) is -3.46. The minimum atomic E-state index is -3.46. The van der Waals surface area contributed by atoms with E-state index in [0.717, 1.165) is 37.7 Å². The first-order chi connectivity index (χ1) is 13.8. The molecule has 0 saturated heterocycles. The zero-order valence-corrected chi connectivity index (χ0v) is 17.8. The van der Waals surface area contributed by atoms with E-state index >= 15 is 0 Å². The summed E-state index contributed by atoms with van der Waals surface area (Å²) in [5.74, 6) is -0.240. The topological polar surface area (TPSA) is 104 Å². The van der Waals surface area contributed by atoms with Gasteiger partial charge in [-0.3, -0.25) is 9.59 Å². The van der Waals surface area contributed by atoms with Gasteiger partial charge >= 0.3 is 0 Å². The monoisotopic (exact) mass is 421 g/mol. The van der Waals surface area contributed by atoms with Crippen molar-refractivity contribution in [1.82, 2.24) is 15.4 Å². The number of rotatable bonds is 9. The van der Waals surface area contributed by atoms with Crippen molar-refractivity contribution in [2.24, 2.45) is 0 Å². The molecule has 2 aliphatic carbocycles. The van der Waals surface area contributed by atoms with Crippen LogP contribution >= 0.6 is 0 Å². The van der Waals surface area contributed by atoms with Crippen molar-refractivity contribution in [2.45, 2.75) is 81.2 Å². The predicted molar refractivity (Wildman–Crippen MR) is 111 cm³/mol. The van der Waals surface area contributed by atoms with E-state index in [1.165, 1.54) is 0 Å². The fraction of sp³-hybridized carbons (Fsp3) is 0.619. The third-order valence-electron chi connectivity index (χ3n) is 5.63. The van der Waals surface area contributed by atoms with Gasteiger partial charge in [0.25, 0.3) is 0 Å². The van der Waals surface area contributed by atoms with Crippen molar-refractivity contribution in [3.63, 3.8) is 0 Å². The summed E-state index contributed by atoms with van der Waals surface area (Å²) in [6.45, 7) is 2.42. The molecule has 0 spiro atoms. The number of amides is 2. The van der Waals surface area contributed by atoms with Gasteiger partial charge in [0.2, 0.25) is 21.8 Å². The predicted octanol–water partition coefficient (Wildman–Crippen LogP) is 2.02. The molecule has 7 nitrogen and oxygen atoms in total. The Bertz CT molecular complexity index is 826. The Morgan fingerprint density at radius 3 is 2.31 bits per heavy atom. The largest absolute Gasteiger partial charge is 0.354 e. The van der Waals surface area contributed by atoms with E-state index in [9.17, 15) is 18.0 Å². The van der Waals surface area contributed by atoms with Crippen molar-refractivity contribution in [1.29, 1.82) is 0 Å². The maximum absolute atomic E-state index is 12.6.